The number of pyridine rings is 1. The van der Waals surface area contributed by atoms with E-state index in [4.69, 9.17) is 5.11 Å². The molecule has 10 heteroatoms. The number of ketones is 1. The largest absolute Gasteiger partial charge is 0.465 e. The number of carboxylic acid groups (broad SMARTS) is 1. The Morgan fingerprint density at radius 2 is 1.97 bits per heavy atom. The summed E-state index contributed by atoms with van der Waals surface area (Å²) in [6.45, 7) is 1.37. The number of aromatic nitrogens is 2. The molecule has 0 saturated carbocycles. The van der Waals surface area contributed by atoms with Crippen molar-refractivity contribution < 1.29 is 27.5 Å². The zero-order valence-electron chi connectivity index (χ0n) is 15.9. The van der Waals surface area contributed by atoms with Gasteiger partial charge in [0.05, 0.1) is 16.2 Å². The third kappa shape index (κ3) is 4.38. The minimum atomic E-state index is -4.18. The van der Waals surface area contributed by atoms with E-state index in [0.29, 0.717) is 5.56 Å². The first kappa shape index (κ1) is 21.2. The number of rotatable bonds is 7. The summed E-state index contributed by atoms with van der Waals surface area (Å²) in [5.74, 6) is -1.14. The van der Waals surface area contributed by atoms with E-state index in [1.54, 1.807) is 0 Å². The Hall–Kier alpha value is -3.53. The van der Waals surface area contributed by atoms with Crippen LogP contribution in [0.15, 0.2) is 59.8 Å². The summed E-state index contributed by atoms with van der Waals surface area (Å²) >= 11 is 0. The topological polar surface area (TPSA) is 118 Å². The van der Waals surface area contributed by atoms with Crippen molar-refractivity contribution in [2.75, 3.05) is 6.54 Å². The molecule has 0 aliphatic heterocycles. The molecule has 0 bridgehead atoms. The molecular formula is C20H18FN3O5S. The van der Waals surface area contributed by atoms with E-state index < -0.39 is 22.1 Å². The fraction of sp³-hybridized carbons (Fsp3) is 0.150. The van der Waals surface area contributed by atoms with Crippen molar-refractivity contribution in [2.24, 2.45) is 0 Å². The number of Topliss-reactive ketones (excluding diaryl/α,β-unsaturated/α-hetero) is 1. The van der Waals surface area contributed by atoms with Gasteiger partial charge >= 0.3 is 6.09 Å². The van der Waals surface area contributed by atoms with E-state index in [1.165, 1.54) is 61.8 Å². The van der Waals surface area contributed by atoms with Gasteiger partial charge in [-0.2, -0.15) is 4.39 Å². The number of amides is 1. The summed E-state index contributed by atoms with van der Waals surface area (Å²) in [6.07, 6.45) is 1.54. The molecule has 156 valence electrons. The quantitative estimate of drug-likeness (QED) is 0.439. The normalized spacial score (nSPS) is 11.3. The van der Waals surface area contributed by atoms with Gasteiger partial charge < -0.3 is 10.4 Å². The van der Waals surface area contributed by atoms with Gasteiger partial charge in [-0.3, -0.25) is 4.79 Å². The lowest BCUT2D eigenvalue weighted by Crippen LogP contribution is -2.23. The predicted octanol–water partition coefficient (Wildman–Crippen LogP) is 2.94. The fourth-order valence-corrected chi connectivity index (χ4v) is 4.35. The Morgan fingerprint density at radius 1 is 1.20 bits per heavy atom. The maximum Gasteiger partial charge on any atom is 0.404 e. The molecule has 0 aliphatic carbocycles. The second-order valence-corrected chi connectivity index (χ2v) is 8.26. The highest BCUT2D eigenvalue weighted by Crippen LogP contribution is 2.29. The van der Waals surface area contributed by atoms with Gasteiger partial charge in [-0.15, -0.1) is 0 Å². The molecule has 0 atom stereocenters. The van der Waals surface area contributed by atoms with E-state index in [1.807, 2.05) is 0 Å². The first-order chi connectivity index (χ1) is 14.2. The van der Waals surface area contributed by atoms with Crippen molar-refractivity contribution in [2.45, 2.75) is 18.2 Å². The van der Waals surface area contributed by atoms with Crippen LogP contribution in [0.5, 0.6) is 0 Å². The van der Waals surface area contributed by atoms with Crippen molar-refractivity contribution in [3.63, 3.8) is 0 Å². The molecule has 2 heterocycles. The van der Waals surface area contributed by atoms with Gasteiger partial charge in [0.1, 0.15) is 0 Å². The molecule has 0 unspecified atom stereocenters. The predicted molar refractivity (Wildman–Crippen MR) is 106 cm³/mol. The van der Waals surface area contributed by atoms with Crippen LogP contribution in [0.1, 0.15) is 22.8 Å². The molecule has 1 aromatic carbocycles. The molecule has 1 amide bonds. The third-order valence-electron chi connectivity index (χ3n) is 4.36. The number of hydrogen-bond donors (Lipinski definition) is 2. The summed E-state index contributed by atoms with van der Waals surface area (Å²) < 4.78 is 41.9. The Kier molecular flexibility index (Phi) is 5.97. The van der Waals surface area contributed by atoms with Gasteiger partial charge in [-0.25, -0.2) is 22.2 Å². The summed E-state index contributed by atoms with van der Waals surface area (Å²) in [7, 11) is -4.18. The second-order valence-electron chi connectivity index (χ2n) is 6.44. The van der Waals surface area contributed by atoms with Crippen LogP contribution in [0.4, 0.5) is 9.18 Å². The van der Waals surface area contributed by atoms with E-state index >= 15 is 0 Å². The van der Waals surface area contributed by atoms with Crippen LogP contribution < -0.4 is 5.32 Å². The molecule has 0 fully saturated rings. The lowest BCUT2D eigenvalue weighted by atomic mass is 10.1. The summed E-state index contributed by atoms with van der Waals surface area (Å²) in [5.41, 5.74) is 0.719. The number of hydrogen-bond acceptors (Lipinski definition) is 5. The highest BCUT2D eigenvalue weighted by atomic mass is 32.2. The van der Waals surface area contributed by atoms with Crippen molar-refractivity contribution in [3.8, 4) is 11.3 Å². The minimum Gasteiger partial charge on any atom is -0.465 e. The Labute approximate surface area is 172 Å². The van der Waals surface area contributed by atoms with Crippen LogP contribution in [0.25, 0.3) is 11.3 Å². The Bertz CT molecular complexity index is 1220. The SMILES string of the molecule is CC(=O)c1cccc(S(=O)(=O)n2cc(CCNC(=O)O)cc2-c2cccnc2F)c1. The Morgan fingerprint density at radius 3 is 2.63 bits per heavy atom. The summed E-state index contributed by atoms with van der Waals surface area (Å²) in [5, 5.41) is 10.9. The van der Waals surface area contributed by atoms with Crippen molar-refractivity contribution in [1.29, 1.82) is 0 Å². The first-order valence-electron chi connectivity index (χ1n) is 8.85. The summed E-state index contributed by atoms with van der Waals surface area (Å²) in [4.78, 5) is 25.8. The molecule has 2 N–H and O–H groups in total. The number of halogens is 1. The minimum absolute atomic E-state index is 0.0266. The molecular weight excluding hydrogens is 413 g/mol. The van der Waals surface area contributed by atoms with Gasteiger partial charge in [0, 0.05) is 24.5 Å². The highest BCUT2D eigenvalue weighted by Gasteiger charge is 2.24. The van der Waals surface area contributed by atoms with Crippen LogP contribution >= 0.6 is 0 Å². The number of carbonyl (C=O) groups is 2. The fourth-order valence-electron chi connectivity index (χ4n) is 2.91. The first-order valence-corrected chi connectivity index (χ1v) is 10.3. The molecule has 3 rings (SSSR count). The molecule has 0 spiro atoms. The van der Waals surface area contributed by atoms with Crippen LogP contribution in [-0.4, -0.2) is 40.9 Å². The van der Waals surface area contributed by atoms with Gasteiger partial charge in [0.15, 0.2) is 5.78 Å². The van der Waals surface area contributed by atoms with Crippen molar-refractivity contribution >= 4 is 21.9 Å². The zero-order chi connectivity index (χ0) is 21.9. The van der Waals surface area contributed by atoms with Gasteiger partial charge in [-0.1, -0.05) is 12.1 Å². The van der Waals surface area contributed by atoms with Gasteiger partial charge in [0.2, 0.25) is 5.95 Å². The van der Waals surface area contributed by atoms with Crippen LogP contribution in [0, 0.1) is 5.95 Å². The molecule has 0 aliphatic rings. The molecule has 0 radical (unpaired) electrons. The number of nitrogens with zero attached hydrogens (tertiary/aromatic N) is 2. The van der Waals surface area contributed by atoms with E-state index in [0.717, 1.165) is 3.97 Å². The van der Waals surface area contributed by atoms with Gasteiger partial charge in [0.25, 0.3) is 10.0 Å². The molecule has 8 nitrogen and oxygen atoms in total. The van der Waals surface area contributed by atoms with E-state index in [2.05, 4.69) is 10.3 Å². The number of carbonyl (C=O) groups excluding carboxylic acids is 1. The van der Waals surface area contributed by atoms with Crippen molar-refractivity contribution in [3.05, 3.63) is 71.9 Å². The Balaban J connectivity index is 2.13. The average Bonchev–Trinajstić information content (AvgIpc) is 3.13. The molecule has 2 aromatic heterocycles. The van der Waals surface area contributed by atoms with Crippen molar-refractivity contribution in [1.82, 2.24) is 14.3 Å². The van der Waals surface area contributed by atoms with Crippen LogP contribution in [0.3, 0.4) is 0 Å². The van der Waals surface area contributed by atoms with E-state index in [9.17, 15) is 22.4 Å². The molecule has 0 saturated heterocycles. The zero-order valence-corrected chi connectivity index (χ0v) is 16.7. The van der Waals surface area contributed by atoms with Crippen LogP contribution in [-0.2, 0) is 16.4 Å². The lowest BCUT2D eigenvalue weighted by Gasteiger charge is -2.11. The highest BCUT2D eigenvalue weighted by molar-refractivity contribution is 7.90. The number of benzene rings is 1. The maximum atomic E-state index is 14.3. The van der Waals surface area contributed by atoms with Gasteiger partial charge in [-0.05, 0) is 49.2 Å². The standard InChI is InChI=1S/C20H18FN3O5S/c1-13(25)15-4-2-5-16(11-15)30(28,29)24-12-14(7-9-23-20(26)27)10-18(24)17-6-3-8-22-19(17)21/h2-6,8,10-12,23H,7,9H2,1H3,(H,26,27). The number of nitrogens with one attached hydrogen (secondary N) is 1. The summed E-state index contributed by atoms with van der Waals surface area (Å²) in [6, 6.07) is 9.90. The average molecular weight is 431 g/mol. The maximum absolute atomic E-state index is 14.3. The molecule has 30 heavy (non-hydrogen) atoms. The third-order valence-corrected chi connectivity index (χ3v) is 6.03. The van der Waals surface area contributed by atoms with Crippen LogP contribution in [0.2, 0.25) is 0 Å². The van der Waals surface area contributed by atoms with E-state index in [-0.39, 0.29) is 40.5 Å². The monoisotopic (exact) mass is 431 g/mol. The second kappa shape index (κ2) is 8.46. The lowest BCUT2D eigenvalue weighted by molar-refractivity contribution is 0.101. The molecule has 3 aromatic rings. The smallest absolute Gasteiger partial charge is 0.404 e.